The highest BCUT2D eigenvalue weighted by molar-refractivity contribution is 6.10. The molecule has 0 aliphatic carbocycles. The van der Waals surface area contributed by atoms with E-state index < -0.39 is 0 Å². The zero-order valence-corrected chi connectivity index (χ0v) is 10.5. The number of benzene rings is 1. The number of aryl methyl sites for hydroxylation is 1. The predicted molar refractivity (Wildman–Crippen MR) is 70.0 cm³/mol. The molecule has 0 aliphatic heterocycles. The normalized spacial score (nSPS) is 10.1. The van der Waals surface area contributed by atoms with Crippen LogP contribution in [0.3, 0.4) is 0 Å². The van der Waals surface area contributed by atoms with Gasteiger partial charge in [0.15, 0.2) is 0 Å². The van der Waals surface area contributed by atoms with E-state index in [0.717, 1.165) is 12.0 Å². The first-order chi connectivity index (χ1) is 8.77. The van der Waals surface area contributed by atoms with Gasteiger partial charge in [0.2, 0.25) is 5.78 Å². The van der Waals surface area contributed by atoms with Gasteiger partial charge in [-0.3, -0.25) is 9.78 Å². The Morgan fingerprint density at radius 3 is 2.72 bits per heavy atom. The number of hydrogen-bond donors (Lipinski definition) is 0. The van der Waals surface area contributed by atoms with Gasteiger partial charge in [0.25, 0.3) is 0 Å². The molecule has 0 saturated heterocycles. The Bertz CT molecular complexity index is 514. The molecule has 0 N–H and O–H groups in total. The molecule has 1 heterocycles. The number of aromatic nitrogens is 1. The molecular weight excluding hydrogens is 226 g/mol. The maximum absolute atomic E-state index is 12.5. The van der Waals surface area contributed by atoms with Gasteiger partial charge in [0.05, 0.1) is 12.7 Å². The van der Waals surface area contributed by atoms with Crippen LogP contribution in [0.1, 0.15) is 28.5 Å². The highest BCUT2D eigenvalue weighted by Crippen LogP contribution is 2.21. The van der Waals surface area contributed by atoms with E-state index in [2.05, 4.69) is 4.98 Å². The zero-order chi connectivity index (χ0) is 13.0. The van der Waals surface area contributed by atoms with Crippen LogP contribution in [0.4, 0.5) is 0 Å². The lowest BCUT2D eigenvalue weighted by atomic mass is 10.0. The Labute approximate surface area is 106 Å². The minimum absolute atomic E-state index is 0.0927. The number of hydrogen-bond acceptors (Lipinski definition) is 3. The lowest BCUT2D eigenvalue weighted by Gasteiger charge is -2.09. The molecule has 18 heavy (non-hydrogen) atoms. The van der Waals surface area contributed by atoms with E-state index in [1.54, 1.807) is 25.4 Å². The van der Waals surface area contributed by atoms with Gasteiger partial charge >= 0.3 is 0 Å². The topological polar surface area (TPSA) is 39.2 Å². The molecule has 0 amide bonds. The SMILES string of the molecule is CCc1cccnc1C(=O)c1ccccc1OC. The van der Waals surface area contributed by atoms with Crippen molar-refractivity contribution in [2.24, 2.45) is 0 Å². The maximum Gasteiger partial charge on any atom is 0.215 e. The van der Waals surface area contributed by atoms with Crippen LogP contribution >= 0.6 is 0 Å². The van der Waals surface area contributed by atoms with E-state index in [1.165, 1.54) is 0 Å². The number of carbonyl (C=O) groups is 1. The van der Waals surface area contributed by atoms with Gasteiger partial charge < -0.3 is 4.74 Å². The second kappa shape index (κ2) is 5.45. The summed E-state index contributed by atoms with van der Waals surface area (Å²) in [6, 6.07) is 11.0. The number of ketones is 1. The molecule has 2 aromatic rings. The zero-order valence-electron chi connectivity index (χ0n) is 10.5. The standard InChI is InChI=1S/C15H15NO2/c1-3-11-7-6-10-16-14(11)15(17)12-8-4-5-9-13(12)18-2/h4-10H,3H2,1-2H3. The summed E-state index contributed by atoms with van der Waals surface area (Å²) in [4.78, 5) is 16.7. The summed E-state index contributed by atoms with van der Waals surface area (Å²) in [5.74, 6) is 0.486. The fraction of sp³-hybridized carbons (Fsp3) is 0.200. The number of ether oxygens (including phenoxy) is 1. The largest absolute Gasteiger partial charge is 0.496 e. The van der Waals surface area contributed by atoms with Crippen LogP contribution in [-0.2, 0) is 6.42 Å². The van der Waals surface area contributed by atoms with Gasteiger partial charge in [0, 0.05) is 6.20 Å². The van der Waals surface area contributed by atoms with Gasteiger partial charge in [0.1, 0.15) is 11.4 Å². The van der Waals surface area contributed by atoms with Gasteiger partial charge in [-0.2, -0.15) is 0 Å². The van der Waals surface area contributed by atoms with Crippen molar-refractivity contribution < 1.29 is 9.53 Å². The molecule has 0 bridgehead atoms. The molecule has 0 saturated carbocycles. The van der Waals surface area contributed by atoms with Crippen molar-refractivity contribution in [2.45, 2.75) is 13.3 Å². The van der Waals surface area contributed by atoms with Gasteiger partial charge in [-0.1, -0.05) is 25.1 Å². The summed E-state index contributed by atoms with van der Waals surface area (Å²) in [6.07, 6.45) is 2.42. The summed E-state index contributed by atoms with van der Waals surface area (Å²) in [5, 5.41) is 0. The van der Waals surface area contributed by atoms with Gasteiger partial charge in [-0.15, -0.1) is 0 Å². The Morgan fingerprint density at radius 1 is 1.22 bits per heavy atom. The van der Waals surface area contributed by atoms with E-state index in [0.29, 0.717) is 17.0 Å². The molecule has 0 unspecified atom stereocenters. The molecule has 0 atom stereocenters. The second-order valence-corrected chi connectivity index (χ2v) is 3.89. The fourth-order valence-electron chi connectivity index (χ4n) is 1.89. The maximum atomic E-state index is 12.5. The quantitative estimate of drug-likeness (QED) is 0.773. The Hall–Kier alpha value is -2.16. The molecule has 1 aromatic carbocycles. The molecule has 0 aliphatic rings. The van der Waals surface area contributed by atoms with Gasteiger partial charge in [-0.05, 0) is 30.2 Å². The van der Waals surface area contributed by atoms with Crippen LogP contribution in [0.25, 0.3) is 0 Å². The number of carbonyl (C=O) groups excluding carboxylic acids is 1. The van der Waals surface area contributed by atoms with Crippen LogP contribution in [0.2, 0.25) is 0 Å². The summed E-state index contributed by atoms with van der Waals surface area (Å²) >= 11 is 0. The molecule has 3 heteroatoms. The predicted octanol–water partition coefficient (Wildman–Crippen LogP) is 2.88. The molecular formula is C15H15NO2. The molecule has 92 valence electrons. The first-order valence-corrected chi connectivity index (χ1v) is 5.89. The number of methoxy groups -OCH3 is 1. The van der Waals surface area contributed by atoms with Crippen molar-refractivity contribution >= 4 is 5.78 Å². The Balaban J connectivity index is 2.48. The third kappa shape index (κ3) is 2.25. The van der Waals surface area contributed by atoms with E-state index in [1.807, 2.05) is 31.2 Å². The number of pyridine rings is 1. The summed E-state index contributed by atoms with van der Waals surface area (Å²) in [5.41, 5.74) is 2.01. The van der Waals surface area contributed by atoms with Crippen molar-refractivity contribution in [1.82, 2.24) is 4.98 Å². The van der Waals surface area contributed by atoms with Crippen molar-refractivity contribution in [3.8, 4) is 5.75 Å². The van der Waals surface area contributed by atoms with Crippen LogP contribution in [0, 0.1) is 0 Å². The molecule has 1 aromatic heterocycles. The minimum Gasteiger partial charge on any atom is -0.496 e. The van der Waals surface area contributed by atoms with Crippen molar-refractivity contribution in [1.29, 1.82) is 0 Å². The van der Waals surface area contributed by atoms with Crippen LogP contribution < -0.4 is 4.74 Å². The summed E-state index contributed by atoms with van der Waals surface area (Å²) in [7, 11) is 1.56. The summed E-state index contributed by atoms with van der Waals surface area (Å²) < 4.78 is 5.21. The third-order valence-corrected chi connectivity index (χ3v) is 2.84. The Kier molecular flexibility index (Phi) is 3.72. The molecule has 0 radical (unpaired) electrons. The van der Waals surface area contributed by atoms with E-state index in [9.17, 15) is 4.79 Å². The van der Waals surface area contributed by atoms with Crippen LogP contribution in [0.15, 0.2) is 42.6 Å². The average molecular weight is 241 g/mol. The minimum atomic E-state index is -0.0927. The fourth-order valence-corrected chi connectivity index (χ4v) is 1.89. The third-order valence-electron chi connectivity index (χ3n) is 2.84. The van der Waals surface area contributed by atoms with E-state index in [4.69, 9.17) is 4.74 Å². The molecule has 2 rings (SSSR count). The van der Waals surface area contributed by atoms with E-state index >= 15 is 0 Å². The highest BCUT2D eigenvalue weighted by Gasteiger charge is 2.17. The lowest BCUT2D eigenvalue weighted by Crippen LogP contribution is -2.09. The number of nitrogens with zero attached hydrogens (tertiary/aromatic N) is 1. The molecule has 0 fully saturated rings. The Morgan fingerprint density at radius 2 is 2.00 bits per heavy atom. The van der Waals surface area contributed by atoms with E-state index in [-0.39, 0.29) is 5.78 Å². The van der Waals surface area contributed by atoms with Crippen molar-refractivity contribution in [2.75, 3.05) is 7.11 Å². The van der Waals surface area contributed by atoms with Crippen molar-refractivity contribution in [3.05, 3.63) is 59.4 Å². The highest BCUT2D eigenvalue weighted by atomic mass is 16.5. The van der Waals surface area contributed by atoms with Crippen LogP contribution in [-0.4, -0.2) is 17.9 Å². The van der Waals surface area contributed by atoms with Gasteiger partial charge in [-0.25, -0.2) is 0 Å². The average Bonchev–Trinajstić information content (AvgIpc) is 2.46. The number of rotatable bonds is 4. The molecule has 3 nitrogen and oxygen atoms in total. The number of para-hydroxylation sites is 1. The van der Waals surface area contributed by atoms with Crippen molar-refractivity contribution in [3.63, 3.8) is 0 Å². The second-order valence-electron chi connectivity index (χ2n) is 3.89. The lowest BCUT2D eigenvalue weighted by molar-refractivity contribution is 0.103. The first kappa shape index (κ1) is 12.3. The summed E-state index contributed by atoms with van der Waals surface area (Å²) in [6.45, 7) is 2.01. The molecule has 0 spiro atoms. The first-order valence-electron chi connectivity index (χ1n) is 5.89. The smallest absolute Gasteiger partial charge is 0.215 e. The monoisotopic (exact) mass is 241 g/mol. The van der Waals surface area contributed by atoms with Crippen LogP contribution in [0.5, 0.6) is 5.75 Å².